The molecule has 3 aromatic rings. The summed E-state index contributed by atoms with van der Waals surface area (Å²) >= 11 is 1.62. The van der Waals surface area contributed by atoms with E-state index in [9.17, 15) is 9.59 Å². The third-order valence-corrected chi connectivity index (χ3v) is 4.46. The highest BCUT2D eigenvalue weighted by Gasteiger charge is 2.18. The number of hydrogen-bond acceptors (Lipinski definition) is 3. The number of rotatable bonds is 6. The second kappa shape index (κ2) is 7.81. The van der Waals surface area contributed by atoms with Gasteiger partial charge in [0, 0.05) is 30.7 Å². The van der Waals surface area contributed by atoms with Gasteiger partial charge in [-0.3, -0.25) is 9.59 Å². The fraction of sp³-hybridized carbons (Fsp3) is 0.158. The van der Waals surface area contributed by atoms with Crippen LogP contribution in [0.15, 0.2) is 65.6 Å². The number of anilines is 2. The number of thiophene rings is 1. The number of nitrogens with one attached hydrogen (secondary N) is 2. The Bertz CT molecular complexity index is 807. The number of hydrogen-bond donors (Lipinski definition) is 2. The molecule has 3 rings (SSSR count). The van der Waals surface area contributed by atoms with Crippen LogP contribution in [0.3, 0.4) is 0 Å². The van der Waals surface area contributed by atoms with Gasteiger partial charge in [-0.2, -0.15) is 11.3 Å². The summed E-state index contributed by atoms with van der Waals surface area (Å²) in [6, 6.07) is 13.0. The number of nitrogens with zero attached hydrogens (tertiary/aromatic N) is 1. The molecule has 0 radical (unpaired) electrons. The van der Waals surface area contributed by atoms with E-state index < -0.39 is 0 Å². The largest absolute Gasteiger partial charge is 0.346 e. The fourth-order valence-corrected chi connectivity index (χ4v) is 3.39. The lowest BCUT2D eigenvalue weighted by Crippen LogP contribution is -2.19. The SMILES string of the molecule is CC(=O)Nc1cccc(NC(=O)C[C@H](c2ccsc2)n2cccc2)c1. The quantitative estimate of drug-likeness (QED) is 0.700. The van der Waals surface area contributed by atoms with Crippen LogP contribution in [-0.2, 0) is 9.59 Å². The number of carbonyl (C=O) groups is 2. The molecule has 0 saturated carbocycles. The molecule has 0 fully saturated rings. The zero-order chi connectivity index (χ0) is 17.6. The van der Waals surface area contributed by atoms with Gasteiger partial charge >= 0.3 is 0 Å². The predicted octanol–water partition coefficient (Wildman–Crippen LogP) is 4.13. The van der Waals surface area contributed by atoms with E-state index in [-0.39, 0.29) is 17.9 Å². The van der Waals surface area contributed by atoms with Gasteiger partial charge in [0.2, 0.25) is 11.8 Å². The Hall–Kier alpha value is -2.86. The maximum absolute atomic E-state index is 12.5. The van der Waals surface area contributed by atoms with Gasteiger partial charge in [0.1, 0.15) is 0 Å². The Morgan fingerprint density at radius 3 is 2.44 bits per heavy atom. The van der Waals surface area contributed by atoms with Crippen molar-refractivity contribution >= 4 is 34.5 Å². The molecule has 0 aliphatic heterocycles. The Balaban J connectivity index is 1.71. The average molecular weight is 353 g/mol. The highest BCUT2D eigenvalue weighted by Crippen LogP contribution is 2.25. The third kappa shape index (κ3) is 4.58. The first-order valence-corrected chi connectivity index (χ1v) is 8.88. The van der Waals surface area contributed by atoms with Crippen molar-refractivity contribution in [2.75, 3.05) is 10.6 Å². The van der Waals surface area contributed by atoms with Gasteiger partial charge < -0.3 is 15.2 Å². The molecule has 0 spiro atoms. The van der Waals surface area contributed by atoms with Gasteiger partial charge in [-0.1, -0.05) is 6.07 Å². The normalized spacial score (nSPS) is 11.7. The molecule has 1 aromatic carbocycles. The number of benzene rings is 1. The second-order valence-electron chi connectivity index (χ2n) is 5.72. The first kappa shape index (κ1) is 17.0. The molecular weight excluding hydrogens is 334 g/mol. The fourth-order valence-electron chi connectivity index (χ4n) is 2.68. The predicted molar refractivity (Wildman–Crippen MR) is 101 cm³/mol. The lowest BCUT2D eigenvalue weighted by atomic mass is 10.1. The number of amides is 2. The van der Waals surface area contributed by atoms with Gasteiger partial charge in [-0.15, -0.1) is 0 Å². The van der Waals surface area contributed by atoms with Gasteiger partial charge in [0.25, 0.3) is 0 Å². The third-order valence-electron chi connectivity index (χ3n) is 3.76. The molecule has 0 aliphatic rings. The Morgan fingerprint density at radius 2 is 1.80 bits per heavy atom. The molecule has 1 atom stereocenters. The molecule has 128 valence electrons. The lowest BCUT2D eigenvalue weighted by molar-refractivity contribution is -0.116. The zero-order valence-corrected chi connectivity index (χ0v) is 14.6. The summed E-state index contributed by atoms with van der Waals surface area (Å²) in [5, 5.41) is 9.70. The molecule has 0 aliphatic carbocycles. The van der Waals surface area contributed by atoms with Gasteiger partial charge in [0.15, 0.2) is 0 Å². The second-order valence-corrected chi connectivity index (χ2v) is 6.50. The maximum Gasteiger partial charge on any atom is 0.226 e. The van der Waals surface area contributed by atoms with Crippen LogP contribution in [0.4, 0.5) is 11.4 Å². The van der Waals surface area contributed by atoms with Gasteiger partial charge in [-0.05, 0) is 52.7 Å². The molecule has 0 bridgehead atoms. The molecule has 2 aromatic heterocycles. The van der Waals surface area contributed by atoms with Crippen LogP contribution < -0.4 is 10.6 Å². The van der Waals surface area contributed by atoms with E-state index in [1.165, 1.54) is 6.92 Å². The van der Waals surface area contributed by atoms with Crippen LogP contribution >= 0.6 is 11.3 Å². The smallest absolute Gasteiger partial charge is 0.226 e. The summed E-state index contributed by atoms with van der Waals surface area (Å²) in [7, 11) is 0. The highest BCUT2D eigenvalue weighted by atomic mass is 32.1. The molecule has 0 unspecified atom stereocenters. The molecule has 0 saturated heterocycles. The van der Waals surface area contributed by atoms with Crippen LogP contribution in [0.2, 0.25) is 0 Å². The molecular formula is C19H19N3O2S. The van der Waals surface area contributed by atoms with Gasteiger partial charge in [0.05, 0.1) is 12.5 Å². The molecule has 2 amide bonds. The summed E-state index contributed by atoms with van der Waals surface area (Å²) in [5.74, 6) is -0.224. The first-order valence-electron chi connectivity index (χ1n) is 7.94. The number of carbonyl (C=O) groups excluding carboxylic acids is 2. The van der Waals surface area contributed by atoms with E-state index in [4.69, 9.17) is 0 Å². The summed E-state index contributed by atoms with van der Waals surface area (Å²) in [6.45, 7) is 1.45. The molecule has 5 nitrogen and oxygen atoms in total. The molecule has 25 heavy (non-hydrogen) atoms. The standard InChI is InChI=1S/C19H19N3O2S/c1-14(23)20-16-5-4-6-17(11-16)21-19(24)12-18(15-7-10-25-13-15)22-8-2-3-9-22/h2-11,13,18H,12H2,1H3,(H,20,23)(H,21,24)/t18-/m1/s1. The maximum atomic E-state index is 12.5. The Labute approximate surface area is 150 Å². The number of aromatic nitrogens is 1. The lowest BCUT2D eigenvalue weighted by Gasteiger charge is -2.18. The Kier molecular flexibility index (Phi) is 5.30. The van der Waals surface area contributed by atoms with Crippen LogP contribution in [0.5, 0.6) is 0 Å². The Morgan fingerprint density at radius 1 is 1.08 bits per heavy atom. The van der Waals surface area contributed by atoms with Crippen molar-refractivity contribution in [3.63, 3.8) is 0 Å². The summed E-state index contributed by atoms with van der Waals surface area (Å²) < 4.78 is 2.04. The van der Waals surface area contributed by atoms with Crippen molar-refractivity contribution in [3.05, 3.63) is 71.2 Å². The van der Waals surface area contributed by atoms with Crippen LogP contribution in [0, 0.1) is 0 Å². The van der Waals surface area contributed by atoms with Crippen LogP contribution in [0.1, 0.15) is 24.9 Å². The van der Waals surface area contributed by atoms with E-state index in [1.54, 1.807) is 35.6 Å². The summed E-state index contributed by atoms with van der Waals surface area (Å²) in [4.78, 5) is 23.7. The van der Waals surface area contributed by atoms with Crippen molar-refractivity contribution in [1.82, 2.24) is 4.57 Å². The minimum absolute atomic E-state index is 0.0419. The van der Waals surface area contributed by atoms with E-state index >= 15 is 0 Å². The molecule has 2 heterocycles. The minimum Gasteiger partial charge on any atom is -0.346 e. The zero-order valence-electron chi connectivity index (χ0n) is 13.8. The van der Waals surface area contributed by atoms with Gasteiger partial charge in [-0.25, -0.2) is 0 Å². The van der Waals surface area contributed by atoms with Crippen molar-refractivity contribution in [3.8, 4) is 0 Å². The van der Waals surface area contributed by atoms with E-state index in [2.05, 4.69) is 16.0 Å². The van der Waals surface area contributed by atoms with E-state index in [0.29, 0.717) is 17.8 Å². The van der Waals surface area contributed by atoms with Crippen LogP contribution in [-0.4, -0.2) is 16.4 Å². The highest BCUT2D eigenvalue weighted by molar-refractivity contribution is 7.08. The first-order chi connectivity index (χ1) is 12.1. The topological polar surface area (TPSA) is 63.1 Å². The van der Waals surface area contributed by atoms with E-state index in [0.717, 1.165) is 5.56 Å². The van der Waals surface area contributed by atoms with Crippen molar-refractivity contribution in [1.29, 1.82) is 0 Å². The minimum atomic E-state index is -0.145. The van der Waals surface area contributed by atoms with Crippen molar-refractivity contribution in [2.45, 2.75) is 19.4 Å². The summed E-state index contributed by atoms with van der Waals surface area (Å²) in [5.41, 5.74) is 2.43. The van der Waals surface area contributed by atoms with Crippen molar-refractivity contribution < 1.29 is 9.59 Å². The summed E-state index contributed by atoms with van der Waals surface area (Å²) in [6.07, 6.45) is 4.26. The average Bonchev–Trinajstić information content (AvgIpc) is 3.26. The van der Waals surface area contributed by atoms with E-state index in [1.807, 2.05) is 40.5 Å². The monoisotopic (exact) mass is 353 g/mol. The molecule has 6 heteroatoms. The molecule has 2 N–H and O–H groups in total. The van der Waals surface area contributed by atoms with Crippen molar-refractivity contribution in [2.24, 2.45) is 0 Å². The van der Waals surface area contributed by atoms with Crippen LogP contribution in [0.25, 0.3) is 0 Å².